The van der Waals surface area contributed by atoms with E-state index < -0.39 is 0 Å². The molecule has 0 heterocycles. The van der Waals surface area contributed by atoms with Crippen LogP contribution in [0.25, 0.3) is 0 Å². The van der Waals surface area contributed by atoms with Gasteiger partial charge < -0.3 is 4.90 Å². The van der Waals surface area contributed by atoms with E-state index in [9.17, 15) is 0 Å². The maximum Gasteiger partial charge on any atom is 0.0292 e. The third-order valence-electron chi connectivity index (χ3n) is 1.52. The molecule has 0 radical (unpaired) electrons. The highest BCUT2D eigenvalue weighted by atomic mass is 15.1. The van der Waals surface area contributed by atoms with Crippen LogP contribution in [0.3, 0.4) is 0 Å². The van der Waals surface area contributed by atoms with Crippen LogP contribution in [0.2, 0.25) is 0 Å². The minimum atomic E-state index is 0.519. The van der Waals surface area contributed by atoms with Gasteiger partial charge in [-0.2, -0.15) is 0 Å². The summed E-state index contributed by atoms with van der Waals surface area (Å²) in [5.74, 6) is 0.664. The lowest BCUT2D eigenvalue weighted by atomic mass is 10.0. The molecule has 54 valence electrons. The largest absolute Gasteiger partial charge is 0.303 e. The molecule has 0 aromatic heterocycles. The molecule has 1 heteroatoms. The number of likely N-dealkylation sites (N-methyl/N-ethyl adjacent to an activating group) is 1. The first-order chi connectivity index (χ1) is 4.09. The molecule has 0 aliphatic rings. The topological polar surface area (TPSA) is 3.24 Å². The van der Waals surface area contributed by atoms with Crippen LogP contribution in [0.15, 0.2) is 12.7 Å². The lowest BCUT2D eigenvalue weighted by Gasteiger charge is -2.23. The zero-order valence-corrected chi connectivity index (χ0v) is 6.89. The monoisotopic (exact) mass is 127 g/mol. The van der Waals surface area contributed by atoms with E-state index in [1.807, 2.05) is 6.08 Å². The highest BCUT2D eigenvalue weighted by Gasteiger charge is 2.09. The second kappa shape index (κ2) is 3.67. The molecule has 0 fully saturated rings. The molecule has 0 unspecified atom stereocenters. The Hall–Kier alpha value is -0.300. The van der Waals surface area contributed by atoms with E-state index in [1.165, 1.54) is 0 Å². The van der Waals surface area contributed by atoms with Gasteiger partial charge in [-0.25, -0.2) is 0 Å². The van der Waals surface area contributed by atoms with Gasteiger partial charge >= 0.3 is 0 Å². The first-order valence-corrected chi connectivity index (χ1v) is 3.38. The molecule has 0 aromatic rings. The molecule has 0 saturated heterocycles. The normalized spacial score (nSPS) is 14.4. The highest BCUT2D eigenvalue weighted by molar-refractivity contribution is 4.87. The lowest BCUT2D eigenvalue weighted by molar-refractivity contribution is 0.280. The average molecular weight is 127 g/mol. The summed E-state index contributed by atoms with van der Waals surface area (Å²) < 4.78 is 0. The van der Waals surface area contributed by atoms with Crippen LogP contribution >= 0.6 is 0 Å². The third kappa shape index (κ3) is 2.66. The van der Waals surface area contributed by atoms with Gasteiger partial charge in [0.25, 0.3) is 0 Å². The molecular weight excluding hydrogens is 110 g/mol. The van der Waals surface area contributed by atoms with Gasteiger partial charge in [0.2, 0.25) is 0 Å². The highest BCUT2D eigenvalue weighted by Crippen LogP contribution is 2.06. The average Bonchev–Trinajstić information content (AvgIpc) is 1.64. The van der Waals surface area contributed by atoms with Crippen LogP contribution in [-0.4, -0.2) is 25.0 Å². The third-order valence-corrected chi connectivity index (χ3v) is 1.52. The summed E-state index contributed by atoms with van der Waals surface area (Å²) in [5, 5.41) is 0. The predicted molar refractivity (Wildman–Crippen MR) is 42.5 cm³/mol. The van der Waals surface area contributed by atoms with Gasteiger partial charge in [-0.05, 0) is 20.0 Å². The molecule has 0 aliphatic carbocycles. The molecule has 0 aliphatic heterocycles. The van der Waals surface area contributed by atoms with Crippen LogP contribution in [0.1, 0.15) is 13.8 Å². The summed E-state index contributed by atoms with van der Waals surface area (Å²) in [5.41, 5.74) is 0. The van der Waals surface area contributed by atoms with E-state index in [2.05, 4.69) is 39.4 Å². The Morgan fingerprint density at radius 3 is 1.78 bits per heavy atom. The van der Waals surface area contributed by atoms with E-state index in [4.69, 9.17) is 0 Å². The van der Waals surface area contributed by atoms with Gasteiger partial charge in [-0.1, -0.05) is 19.9 Å². The van der Waals surface area contributed by atoms with Crippen molar-refractivity contribution in [1.82, 2.24) is 4.90 Å². The van der Waals surface area contributed by atoms with Gasteiger partial charge in [0.05, 0.1) is 0 Å². The van der Waals surface area contributed by atoms with E-state index in [0.29, 0.717) is 12.0 Å². The Labute approximate surface area is 58.4 Å². The van der Waals surface area contributed by atoms with Crippen molar-refractivity contribution < 1.29 is 0 Å². The number of rotatable bonds is 3. The standard InChI is InChI=1S/C8H17N/c1-6-8(7(2)3)9(4)5/h6-8H,1H2,2-5H3/t8-/m1/s1. The smallest absolute Gasteiger partial charge is 0.0292 e. The van der Waals surface area contributed by atoms with Crippen LogP contribution in [0.4, 0.5) is 0 Å². The molecule has 9 heavy (non-hydrogen) atoms. The van der Waals surface area contributed by atoms with Crippen molar-refractivity contribution in [2.75, 3.05) is 14.1 Å². The van der Waals surface area contributed by atoms with Crippen LogP contribution < -0.4 is 0 Å². The van der Waals surface area contributed by atoms with E-state index in [0.717, 1.165) is 0 Å². The van der Waals surface area contributed by atoms with Crippen molar-refractivity contribution >= 4 is 0 Å². The Morgan fingerprint density at radius 1 is 1.33 bits per heavy atom. The fourth-order valence-corrected chi connectivity index (χ4v) is 1.08. The van der Waals surface area contributed by atoms with Crippen molar-refractivity contribution in [2.24, 2.45) is 5.92 Å². The molecule has 0 bridgehead atoms. The summed E-state index contributed by atoms with van der Waals surface area (Å²) >= 11 is 0. The zero-order valence-electron chi connectivity index (χ0n) is 6.89. The first-order valence-electron chi connectivity index (χ1n) is 3.38. The summed E-state index contributed by atoms with van der Waals surface area (Å²) in [4.78, 5) is 2.18. The Balaban J connectivity index is 3.82. The molecular formula is C8H17N. The van der Waals surface area contributed by atoms with E-state index >= 15 is 0 Å². The maximum absolute atomic E-state index is 3.76. The molecule has 0 N–H and O–H groups in total. The first kappa shape index (κ1) is 8.70. The molecule has 0 spiro atoms. The number of hydrogen-bond acceptors (Lipinski definition) is 1. The number of hydrogen-bond donors (Lipinski definition) is 0. The lowest BCUT2D eigenvalue weighted by Crippen LogP contribution is -2.30. The maximum atomic E-state index is 3.76. The minimum Gasteiger partial charge on any atom is -0.303 e. The van der Waals surface area contributed by atoms with Crippen molar-refractivity contribution in [3.63, 3.8) is 0 Å². The fourth-order valence-electron chi connectivity index (χ4n) is 1.08. The Bertz CT molecular complexity index is 76.6. The van der Waals surface area contributed by atoms with Gasteiger partial charge in [0.1, 0.15) is 0 Å². The molecule has 1 atom stereocenters. The SMILES string of the molecule is C=C[C@H](C(C)C)N(C)C. The summed E-state index contributed by atoms with van der Waals surface area (Å²) in [6, 6.07) is 0.519. The number of nitrogens with zero attached hydrogens (tertiary/aromatic N) is 1. The van der Waals surface area contributed by atoms with Crippen molar-refractivity contribution in [1.29, 1.82) is 0 Å². The second-order valence-corrected chi connectivity index (χ2v) is 2.93. The quantitative estimate of drug-likeness (QED) is 0.522. The molecule has 1 nitrogen and oxygen atoms in total. The zero-order chi connectivity index (χ0) is 7.44. The molecule has 0 saturated carbocycles. The van der Waals surface area contributed by atoms with Gasteiger partial charge in [-0.15, -0.1) is 6.58 Å². The van der Waals surface area contributed by atoms with Crippen LogP contribution in [0, 0.1) is 5.92 Å². The summed E-state index contributed by atoms with van der Waals surface area (Å²) in [7, 11) is 4.15. The van der Waals surface area contributed by atoms with Crippen molar-refractivity contribution in [2.45, 2.75) is 19.9 Å². The van der Waals surface area contributed by atoms with Gasteiger partial charge in [0, 0.05) is 6.04 Å². The minimum absolute atomic E-state index is 0.519. The van der Waals surface area contributed by atoms with E-state index in [-0.39, 0.29) is 0 Å². The van der Waals surface area contributed by atoms with Crippen molar-refractivity contribution in [3.8, 4) is 0 Å². The van der Waals surface area contributed by atoms with Gasteiger partial charge in [0.15, 0.2) is 0 Å². The van der Waals surface area contributed by atoms with Gasteiger partial charge in [-0.3, -0.25) is 0 Å². The molecule has 0 aromatic carbocycles. The molecule has 0 rings (SSSR count). The summed E-state index contributed by atoms with van der Waals surface area (Å²) in [6.07, 6.45) is 1.99. The predicted octanol–water partition coefficient (Wildman–Crippen LogP) is 1.76. The summed E-state index contributed by atoms with van der Waals surface area (Å²) in [6.45, 7) is 8.16. The van der Waals surface area contributed by atoms with Crippen LogP contribution in [0.5, 0.6) is 0 Å². The Morgan fingerprint density at radius 2 is 1.78 bits per heavy atom. The Kier molecular flexibility index (Phi) is 3.55. The molecule has 0 amide bonds. The fraction of sp³-hybridized carbons (Fsp3) is 0.750. The second-order valence-electron chi connectivity index (χ2n) is 2.93. The van der Waals surface area contributed by atoms with Crippen LogP contribution in [-0.2, 0) is 0 Å². The van der Waals surface area contributed by atoms with E-state index in [1.54, 1.807) is 0 Å². The van der Waals surface area contributed by atoms with Crippen molar-refractivity contribution in [3.05, 3.63) is 12.7 Å².